The zero-order valence-corrected chi connectivity index (χ0v) is 10.1. The van der Waals surface area contributed by atoms with Crippen LogP contribution in [-0.4, -0.2) is 55.1 Å². The average Bonchev–Trinajstić information content (AvgIpc) is 2.10. The van der Waals surface area contributed by atoms with Crippen LogP contribution in [0, 0.1) is 0 Å². The molecule has 1 amide bonds. The first-order valence-electron chi connectivity index (χ1n) is 4.87. The van der Waals surface area contributed by atoms with Crippen LogP contribution >= 0.6 is 0 Å². The van der Waals surface area contributed by atoms with Crippen LogP contribution in [0.3, 0.4) is 0 Å². The minimum absolute atomic E-state index is 0.149. The standard InChI is InChI=1S/C10H21NO4/c1-10(2,3)15-9(13)11(4)8(6-12)7-14-5/h8,12H,6-7H2,1-5H3/t8-/m0/s1. The third-order valence-corrected chi connectivity index (χ3v) is 1.80. The number of hydrogen-bond acceptors (Lipinski definition) is 4. The van der Waals surface area contributed by atoms with E-state index in [9.17, 15) is 4.79 Å². The molecule has 0 radical (unpaired) electrons. The van der Waals surface area contributed by atoms with Crippen LogP contribution in [0.1, 0.15) is 20.8 Å². The van der Waals surface area contributed by atoms with Crippen molar-refractivity contribution in [1.82, 2.24) is 4.90 Å². The van der Waals surface area contributed by atoms with Gasteiger partial charge in [-0.3, -0.25) is 0 Å². The molecule has 0 heterocycles. The highest BCUT2D eigenvalue weighted by Gasteiger charge is 2.24. The first kappa shape index (κ1) is 14.2. The van der Waals surface area contributed by atoms with Gasteiger partial charge in [0, 0.05) is 14.2 Å². The third-order valence-electron chi connectivity index (χ3n) is 1.80. The van der Waals surface area contributed by atoms with Crippen molar-refractivity contribution in [1.29, 1.82) is 0 Å². The molecule has 0 aliphatic rings. The third kappa shape index (κ3) is 5.59. The highest BCUT2D eigenvalue weighted by Crippen LogP contribution is 2.10. The molecule has 5 nitrogen and oxygen atoms in total. The van der Waals surface area contributed by atoms with Gasteiger partial charge >= 0.3 is 6.09 Å². The van der Waals surface area contributed by atoms with E-state index >= 15 is 0 Å². The van der Waals surface area contributed by atoms with Crippen molar-refractivity contribution in [2.45, 2.75) is 32.4 Å². The molecular formula is C10H21NO4. The topological polar surface area (TPSA) is 59.0 Å². The quantitative estimate of drug-likeness (QED) is 0.762. The van der Waals surface area contributed by atoms with Crippen molar-refractivity contribution >= 4 is 6.09 Å². The molecule has 0 spiro atoms. The summed E-state index contributed by atoms with van der Waals surface area (Å²) in [5, 5.41) is 9.05. The summed E-state index contributed by atoms with van der Waals surface area (Å²) in [6.07, 6.45) is -0.460. The Balaban J connectivity index is 4.28. The van der Waals surface area contributed by atoms with Gasteiger partial charge in [0.1, 0.15) is 5.60 Å². The zero-order valence-electron chi connectivity index (χ0n) is 10.1. The Hall–Kier alpha value is -0.810. The molecular weight excluding hydrogens is 198 g/mol. The van der Waals surface area contributed by atoms with Crippen LogP contribution in [0.5, 0.6) is 0 Å². The molecule has 0 fully saturated rings. The van der Waals surface area contributed by atoms with Gasteiger partial charge in [-0.25, -0.2) is 4.79 Å². The van der Waals surface area contributed by atoms with Crippen molar-refractivity contribution in [3.05, 3.63) is 0 Å². The molecule has 0 rings (SSSR count). The second-order valence-electron chi connectivity index (χ2n) is 4.38. The number of carbonyl (C=O) groups excluding carboxylic acids is 1. The molecule has 1 N–H and O–H groups in total. The predicted molar refractivity (Wildman–Crippen MR) is 56.7 cm³/mol. The van der Waals surface area contributed by atoms with Crippen LogP contribution in [0.25, 0.3) is 0 Å². The van der Waals surface area contributed by atoms with Gasteiger partial charge in [-0.15, -0.1) is 0 Å². The molecule has 0 saturated heterocycles. The number of carbonyl (C=O) groups is 1. The Bertz CT molecular complexity index is 200. The fourth-order valence-electron chi connectivity index (χ4n) is 0.962. The average molecular weight is 219 g/mol. The Kier molecular flexibility index (Phi) is 5.60. The Morgan fingerprint density at radius 1 is 1.47 bits per heavy atom. The highest BCUT2D eigenvalue weighted by atomic mass is 16.6. The fraction of sp³-hybridized carbons (Fsp3) is 0.900. The number of aliphatic hydroxyl groups is 1. The maximum atomic E-state index is 11.6. The first-order valence-corrected chi connectivity index (χ1v) is 4.87. The predicted octanol–water partition coefficient (Wildman–Crippen LogP) is 0.861. The summed E-state index contributed by atoms with van der Waals surface area (Å²) in [6.45, 7) is 5.52. The van der Waals surface area contributed by atoms with Gasteiger partial charge in [-0.05, 0) is 20.8 Å². The number of rotatable bonds is 4. The van der Waals surface area contributed by atoms with E-state index in [1.54, 1.807) is 27.8 Å². The largest absolute Gasteiger partial charge is 0.444 e. The Labute approximate surface area is 91.0 Å². The normalized spacial score (nSPS) is 13.5. The number of hydrogen-bond donors (Lipinski definition) is 1. The van der Waals surface area contributed by atoms with E-state index in [1.807, 2.05) is 0 Å². The van der Waals surface area contributed by atoms with Crippen LogP contribution in [0.4, 0.5) is 4.79 Å². The first-order chi connectivity index (χ1) is 6.81. The SMILES string of the molecule is COC[C@H](CO)N(C)C(=O)OC(C)(C)C. The van der Waals surface area contributed by atoms with Crippen LogP contribution in [-0.2, 0) is 9.47 Å². The van der Waals surface area contributed by atoms with Crippen molar-refractivity contribution in [3.8, 4) is 0 Å². The van der Waals surface area contributed by atoms with Crippen molar-refractivity contribution in [3.63, 3.8) is 0 Å². The molecule has 0 aromatic rings. The van der Waals surface area contributed by atoms with Gasteiger partial charge in [0.05, 0.1) is 19.3 Å². The summed E-state index contributed by atoms with van der Waals surface area (Å²) in [5.41, 5.74) is -0.529. The van der Waals surface area contributed by atoms with Crippen LogP contribution < -0.4 is 0 Å². The number of amides is 1. The van der Waals surface area contributed by atoms with Gasteiger partial charge < -0.3 is 19.5 Å². The van der Waals surface area contributed by atoms with E-state index < -0.39 is 11.7 Å². The summed E-state index contributed by atoms with van der Waals surface area (Å²) in [4.78, 5) is 12.9. The minimum Gasteiger partial charge on any atom is -0.444 e. The van der Waals surface area contributed by atoms with Gasteiger partial charge in [0.2, 0.25) is 0 Å². The summed E-state index contributed by atoms with van der Waals surface area (Å²) in [6, 6.07) is -0.371. The van der Waals surface area contributed by atoms with Gasteiger partial charge in [0.15, 0.2) is 0 Å². The van der Waals surface area contributed by atoms with Crippen molar-refractivity contribution in [2.24, 2.45) is 0 Å². The van der Waals surface area contributed by atoms with E-state index in [2.05, 4.69) is 0 Å². The van der Waals surface area contributed by atoms with E-state index in [-0.39, 0.29) is 19.3 Å². The van der Waals surface area contributed by atoms with Crippen molar-refractivity contribution in [2.75, 3.05) is 27.4 Å². The lowest BCUT2D eigenvalue weighted by molar-refractivity contribution is 0.00386. The number of nitrogens with zero attached hydrogens (tertiary/aromatic N) is 1. The molecule has 15 heavy (non-hydrogen) atoms. The lowest BCUT2D eigenvalue weighted by Crippen LogP contribution is -2.44. The van der Waals surface area contributed by atoms with E-state index in [1.165, 1.54) is 12.0 Å². The Morgan fingerprint density at radius 3 is 2.33 bits per heavy atom. The highest BCUT2D eigenvalue weighted by molar-refractivity contribution is 5.68. The smallest absolute Gasteiger partial charge is 0.410 e. The maximum Gasteiger partial charge on any atom is 0.410 e. The second-order valence-corrected chi connectivity index (χ2v) is 4.38. The molecule has 0 aliphatic carbocycles. The second kappa shape index (κ2) is 5.92. The van der Waals surface area contributed by atoms with Gasteiger partial charge in [0.25, 0.3) is 0 Å². The molecule has 1 atom stereocenters. The fourth-order valence-corrected chi connectivity index (χ4v) is 0.962. The van der Waals surface area contributed by atoms with Crippen molar-refractivity contribution < 1.29 is 19.4 Å². The molecule has 5 heteroatoms. The molecule has 0 aliphatic heterocycles. The van der Waals surface area contributed by atoms with E-state index in [4.69, 9.17) is 14.6 Å². The molecule has 90 valence electrons. The van der Waals surface area contributed by atoms with E-state index in [0.29, 0.717) is 0 Å². The number of ether oxygens (including phenoxy) is 2. The van der Waals surface area contributed by atoms with Gasteiger partial charge in [-0.1, -0.05) is 0 Å². The van der Waals surface area contributed by atoms with Crippen LogP contribution in [0.15, 0.2) is 0 Å². The summed E-state index contributed by atoms with van der Waals surface area (Å²) >= 11 is 0. The monoisotopic (exact) mass is 219 g/mol. The summed E-state index contributed by atoms with van der Waals surface area (Å²) in [7, 11) is 3.10. The lowest BCUT2D eigenvalue weighted by atomic mass is 10.2. The Morgan fingerprint density at radius 2 is 2.00 bits per heavy atom. The lowest BCUT2D eigenvalue weighted by Gasteiger charge is -2.29. The molecule has 0 aromatic heterocycles. The summed E-state index contributed by atoms with van der Waals surface area (Å²) in [5.74, 6) is 0. The molecule has 0 bridgehead atoms. The van der Waals surface area contributed by atoms with E-state index in [0.717, 1.165) is 0 Å². The maximum absolute atomic E-state index is 11.6. The van der Waals surface area contributed by atoms with Crippen LogP contribution in [0.2, 0.25) is 0 Å². The molecule has 0 saturated carbocycles. The summed E-state index contributed by atoms with van der Waals surface area (Å²) < 4.78 is 10.0. The molecule has 0 aromatic carbocycles. The molecule has 0 unspecified atom stereocenters. The number of methoxy groups -OCH3 is 1. The van der Waals surface area contributed by atoms with Gasteiger partial charge in [-0.2, -0.15) is 0 Å². The number of aliphatic hydroxyl groups excluding tert-OH is 1. The minimum atomic E-state index is -0.529. The zero-order chi connectivity index (χ0) is 12.1. The number of likely N-dealkylation sites (N-methyl/N-ethyl adjacent to an activating group) is 1.